The van der Waals surface area contributed by atoms with E-state index in [1.54, 1.807) is 0 Å². The van der Waals surface area contributed by atoms with Gasteiger partial charge in [-0.05, 0) is 41.5 Å². The molecule has 0 bridgehead atoms. The van der Waals surface area contributed by atoms with Crippen LogP contribution in [0.1, 0.15) is 42.5 Å². The van der Waals surface area contributed by atoms with E-state index < -0.39 is 0 Å². The Morgan fingerprint density at radius 1 is 1.07 bits per heavy atom. The van der Waals surface area contributed by atoms with Gasteiger partial charge in [-0.15, -0.1) is 0 Å². The van der Waals surface area contributed by atoms with Gasteiger partial charge in [-0.3, -0.25) is 4.79 Å². The Hall–Kier alpha value is -2.43. The van der Waals surface area contributed by atoms with Crippen LogP contribution in [0.15, 0.2) is 60.7 Å². The van der Waals surface area contributed by atoms with Crippen molar-refractivity contribution in [2.24, 2.45) is 0 Å². The van der Waals surface area contributed by atoms with E-state index in [2.05, 4.69) is 72.4 Å². The number of hydrogen-bond donors (Lipinski definition) is 2. The molecule has 0 spiro atoms. The van der Waals surface area contributed by atoms with Gasteiger partial charge in [0.25, 0.3) is 0 Å². The summed E-state index contributed by atoms with van der Waals surface area (Å²) in [6.45, 7) is 3.64. The summed E-state index contributed by atoms with van der Waals surface area (Å²) in [6, 6.07) is 19.1. The fourth-order valence-corrected chi connectivity index (χ4v) is 3.93. The van der Waals surface area contributed by atoms with Gasteiger partial charge in [0.1, 0.15) is 6.04 Å². The highest BCUT2D eigenvalue weighted by Crippen LogP contribution is 2.26. The summed E-state index contributed by atoms with van der Waals surface area (Å²) in [7, 11) is 0. The summed E-state index contributed by atoms with van der Waals surface area (Å²) in [4.78, 5) is 14.9. The topological polar surface area (TPSA) is 44.4 Å². The molecule has 2 heterocycles. The Bertz CT molecular complexity index is 813. The van der Waals surface area contributed by atoms with E-state index in [0.29, 0.717) is 6.54 Å². The van der Waals surface area contributed by atoms with Crippen molar-refractivity contribution in [3.63, 3.8) is 0 Å². The second kappa shape index (κ2) is 8.07. The molecule has 0 aromatic heterocycles. The first-order chi connectivity index (χ1) is 13.2. The summed E-state index contributed by atoms with van der Waals surface area (Å²) in [5, 5.41) is 0. The maximum atomic E-state index is 12.9. The lowest BCUT2D eigenvalue weighted by Gasteiger charge is -2.28. The van der Waals surface area contributed by atoms with E-state index in [-0.39, 0.29) is 18.0 Å². The quantitative estimate of drug-likeness (QED) is 0.876. The number of amides is 1. The number of hydrogen-bond acceptors (Lipinski definition) is 3. The van der Waals surface area contributed by atoms with Crippen molar-refractivity contribution in [1.29, 1.82) is 0 Å². The van der Waals surface area contributed by atoms with Crippen LogP contribution in [0.5, 0.6) is 0 Å². The minimum absolute atomic E-state index is 0.160. The molecule has 2 unspecified atom stereocenters. The average molecular weight is 361 g/mol. The highest BCUT2D eigenvalue weighted by atomic mass is 16.2. The van der Waals surface area contributed by atoms with Crippen LogP contribution in [-0.4, -0.2) is 29.9 Å². The molecule has 0 saturated carbocycles. The van der Waals surface area contributed by atoms with Gasteiger partial charge in [0, 0.05) is 19.1 Å². The molecule has 0 aliphatic carbocycles. The Balaban J connectivity index is 1.36. The first-order valence-electron chi connectivity index (χ1n) is 9.87. The summed E-state index contributed by atoms with van der Waals surface area (Å²) in [6.07, 6.45) is 4.94. The SMILES string of the molecule is CCc1ccc(C2CC(C(=O)N3CC=C(c4ccccc4)CC3)NN2)cc1. The Labute approximate surface area is 161 Å². The predicted octanol–water partition coefficient (Wildman–Crippen LogP) is 3.47. The van der Waals surface area contributed by atoms with Crippen LogP contribution in [0.25, 0.3) is 5.57 Å². The molecule has 2 atom stereocenters. The van der Waals surface area contributed by atoms with E-state index >= 15 is 0 Å². The largest absolute Gasteiger partial charge is 0.337 e. The van der Waals surface area contributed by atoms with Crippen molar-refractivity contribution in [2.45, 2.75) is 38.3 Å². The number of hydrazine groups is 1. The van der Waals surface area contributed by atoms with Gasteiger partial charge in [-0.2, -0.15) is 0 Å². The number of carbonyl (C=O) groups is 1. The maximum absolute atomic E-state index is 12.9. The normalized spacial score (nSPS) is 22.6. The lowest BCUT2D eigenvalue weighted by Crippen LogP contribution is -2.46. The lowest BCUT2D eigenvalue weighted by atomic mass is 9.97. The summed E-state index contributed by atoms with van der Waals surface area (Å²) >= 11 is 0. The first-order valence-corrected chi connectivity index (χ1v) is 9.87. The van der Waals surface area contributed by atoms with E-state index in [9.17, 15) is 4.79 Å². The molecule has 2 N–H and O–H groups in total. The second-order valence-electron chi connectivity index (χ2n) is 7.35. The van der Waals surface area contributed by atoms with Crippen LogP contribution < -0.4 is 10.9 Å². The second-order valence-corrected chi connectivity index (χ2v) is 7.35. The third-order valence-electron chi connectivity index (χ3n) is 5.66. The van der Waals surface area contributed by atoms with E-state index in [1.807, 2.05) is 11.0 Å². The van der Waals surface area contributed by atoms with Crippen molar-refractivity contribution in [1.82, 2.24) is 15.8 Å². The lowest BCUT2D eigenvalue weighted by molar-refractivity contribution is -0.132. The third kappa shape index (κ3) is 3.97. The molecule has 2 aliphatic rings. The molecule has 2 aliphatic heterocycles. The number of aryl methyl sites for hydroxylation is 1. The predicted molar refractivity (Wildman–Crippen MR) is 109 cm³/mol. The van der Waals surface area contributed by atoms with Crippen LogP contribution in [0.4, 0.5) is 0 Å². The highest BCUT2D eigenvalue weighted by Gasteiger charge is 2.33. The van der Waals surface area contributed by atoms with E-state index in [1.165, 1.54) is 22.3 Å². The molecule has 4 rings (SSSR count). The zero-order chi connectivity index (χ0) is 18.6. The fraction of sp³-hybridized carbons (Fsp3) is 0.348. The minimum atomic E-state index is -0.160. The zero-order valence-corrected chi connectivity index (χ0v) is 15.8. The van der Waals surface area contributed by atoms with Crippen LogP contribution in [-0.2, 0) is 11.2 Å². The minimum Gasteiger partial charge on any atom is -0.337 e. The van der Waals surface area contributed by atoms with Crippen molar-refractivity contribution < 1.29 is 4.79 Å². The van der Waals surface area contributed by atoms with Crippen molar-refractivity contribution in [3.8, 4) is 0 Å². The molecule has 27 heavy (non-hydrogen) atoms. The number of nitrogens with zero attached hydrogens (tertiary/aromatic N) is 1. The Kier molecular flexibility index (Phi) is 5.37. The molecular weight excluding hydrogens is 334 g/mol. The Morgan fingerprint density at radius 3 is 2.52 bits per heavy atom. The third-order valence-corrected chi connectivity index (χ3v) is 5.66. The van der Waals surface area contributed by atoms with Crippen molar-refractivity contribution in [2.75, 3.05) is 13.1 Å². The van der Waals surface area contributed by atoms with E-state index in [0.717, 1.165) is 25.8 Å². The molecule has 0 radical (unpaired) electrons. The van der Waals surface area contributed by atoms with E-state index in [4.69, 9.17) is 0 Å². The fourth-order valence-electron chi connectivity index (χ4n) is 3.93. The van der Waals surface area contributed by atoms with Gasteiger partial charge in [0.2, 0.25) is 5.91 Å². The number of benzene rings is 2. The maximum Gasteiger partial charge on any atom is 0.241 e. The van der Waals surface area contributed by atoms with Crippen LogP contribution >= 0.6 is 0 Å². The van der Waals surface area contributed by atoms with Gasteiger partial charge < -0.3 is 4.90 Å². The molecule has 2 aromatic rings. The average Bonchev–Trinajstić information content (AvgIpc) is 3.24. The smallest absolute Gasteiger partial charge is 0.241 e. The molecule has 1 saturated heterocycles. The van der Waals surface area contributed by atoms with Gasteiger partial charge >= 0.3 is 0 Å². The highest BCUT2D eigenvalue weighted by molar-refractivity contribution is 5.83. The van der Waals surface area contributed by atoms with Gasteiger partial charge in [-0.25, -0.2) is 10.9 Å². The summed E-state index contributed by atoms with van der Waals surface area (Å²) in [5.74, 6) is 0.193. The molecule has 4 heteroatoms. The molecule has 1 amide bonds. The Morgan fingerprint density at radius 2 is 1.85 bits per heavy atom. The molecular formula is C23H27N3O. The van der Waals surface area contributed by atoms with Gasteiger partial charge in [0.05, 0.1) is 0 Å². The molecule has 4 nitrogen and oxygen atoms in total. The molecule has 2 aromatic carbocycles. The van der Waals surface area contributed by atoms with Crippen molar-refractivity contribution in [3.05, 3.63) is 77.4 Å². The van der Waals surface area contributed by atoms with Gasteiger partial charge in [-0.1, -0.05) is 67.6 Å². The van der Waals surface area contributed by atoms with Crippen molar-refractivity contribution >= 4 is 11.5 Å². The van der Waals surface area contributed by atoms with Crippen LogP contribution in [0.2, 0.25) is 0 Å². The monoisotopic (exact) mass is 361 g/mol. The zero-order valence-electron chi connectivity index (χ0n) is 15.8. The summed E-state index contributed by atoms with van der Waals surface area (Å²) < 4.78 is 0. The first kappa shape index (κ1) is 18.0. The molecule has 1 fully saturated rings. The number of rotatable bonds is 4. The standard InChI is InChI=1S/C23H27N3O/c1-2-17-8-10-20(11-9-17)21-16-22(25-24-21)23(27)26-14-12-19(13-15-26)18-6-4-3-5-7-18/h3-12,21-22,24-25H,2,13-16H2,1H3. The number of nitrogens with one attached hydrogen (secondary N) is 2. The van der Waals surface area contributed by atoms with Crippen LogP contribution in [0.3, 0.4) is 0 Å². The summed E-state index contributed by atoms with van der Waals surface area (Å²) in [5.41, 5.74) is 11.7. The van der Waals surface area contributed by atoms with Crippen LogP contribution in [0, 0.1) is 0 Å². The number of carbonyl (C=O) groups excluding carboxylic acids is 1. The molecule has 140 valence electrons. The van der Waals surface area contributed by atoms with Gasteiger partial charge in [0.15, 0.2) is 0 Å².